The van der Waals surface area contributed by atoms with Crippen LogP contribution in [-0.4, -0.2) is 19.6 Å². The second-order valence-corrected chi connectivity index (χ2v) is 5.03. The van der Waals surface area contributed by atoms with Crippen LogP contribution in [0.4, 0.5) is 0 Å². The molecule has 1 rings (SSSR count). The molecule has 0 amide bonds. The predicted molar refractivity (Wildman–Crippen MR) is 94.5 cm³/mol. The summed E-state index contributed by atoms with van der Waals surface area (Å²) >= 11 is 6.10. The van der Waals surface area contributed by atoms with Crippen molar-refractivity contribution in [3.05, 3.63) is 34.9 Å². The van der Waals surface area contributed by atoms with Crippen LogP contribution >= 0.6 is 35.6 Å². The number of nitrogens with zero attached hydrogens (tertiary/aromatic N) is 1. The molecule has 0 radical (unpaired) electrons. The van der Waals surface area contributed by atoms with Gasteiger partial charge in [-0.2, -0.15) is 0 Å². The van der Waals surface area contributed by atoms with Crippen molar-refractivity contribution < 1.29 is 0 Å². The van der Waals surface area contributed by atoms with E-state index < -0.39 is 0 Å². The van der Waals surface area contributed by atoms with Crippen LogP contribution in [0.15, 0.2) is 29.3 Å². The van der Waals surface area contributed by atoms with Gasteiger partial charge in [0.25, 0.3) is 0 Å². The second-order valence-electron chi connectivity index (χ2n) is 4.63. The van der Waals surface area contributed by atoms with Crippen molar-refractivity contribution in [2.45, 2.75) is 26.8 Å². The molecule has 5 heteroatoms. The maximum absolute atomic E-state index is 6.10. The quantitative estimate of drug-likeness (QED) is 0.453. The van der Waals surface area contributed by atoms with E-state index >= 15 is 0 Å². The normalized spacial score (nSPS) is 11.1. The lowest BCUT2D eigenvalue weighted by Gasteiger charge is -2.13. The first kappa shape index (κ1) is 18.5. The molecule has 0 spiro atoms. The molecule has 0 atom stereocenters. The van der Waals surface area contributed by atoms with Gasteiger partial charge in [0.1, 0.15) is 0 Å². The minimum Gasteiger partial charge on any atom is -0.356 e. The molecule has 1 aromatic rings. The molecule has 0 heterocycles. The first-order valence-electron chi connectivity index (χ1n) is 6.31. The molecule has 2 N–H and O–H groups in total. The predicted octanol–water partition coefficient (Wildman–Crippen LogP) is 3.67. The first-order valence-corrected chi connectivity index (χ1v) is 6.69. The Balaban J connectivity index is 0.00000324. The molecule has 19 heavy (non-hydrogen) atoms. The molecule has 0 bridgehead atoms. The summed E-state index contributed by atoms with van der Waals surface area (Å²) in [5.74, 6) is 1.51. The highest BCUT2D eigenvalue weighted by molar-refractivity contribution is 14.0. The number of nitrogens with one attached hydrogen (secondary N) is 2. The van der Waals surface area contributed by atoms with Crippen molar-refractivity contribution >= 4 is 41.5 Å². The molecule has 0 unspecified atom stereocenters. The number of hydrogen-bond acceptors (Lipinski definition) is 1. The van der Waals surface area contributed by atoms with Gasteiger partial charge in [-0.1, -0.05) is 43.6 Å². The average molecular weight is 396 g/mol. The zero-order chi connectivity index (χ0) is 13.4. The van der Waals surface area contributed by atoms with E-state index in [0.29, 0.717) is 12.5 Å². The minimum absolute atomic E-state index is 0. The van der Waals surface area contributed by atoms with E-state index in [9.17, 15) is 0 Å². The molecule has 3 nitrogen and oxygen atoms in total. The van der Waals surface area contributed by atoms with E-state index in [1.165, 1.54) is 0 Å². The van der Waals surface area contributed by atoms with E-state index in [2.05, 4.69) is 29.5 Å². The average Bonchev–Trinajstić information content (AvgIpc) is 2.35. The van der Waals surface area contributed by atoms with E-state index in [4.69, 9.17) is 11.6 Å². The lowest BCUT2D eigenvalue weighted by atomic mass is 10.1. The molecule has 1 aromatic carbocycles. The Labute approximate surface area is 138 Å². The van der Waals surface area contributed by atoms with Gasteiger partial charge in [-0.3, -0.25) is 4.99 Å². The smallest absolute Gasteiger partial charge is 0.191 e. The van der Waals surface area contributed by atoms with Crippen LogP contribution in [-0.2, 0) is 6.54 Å². The van der Waals surface area contributed by atoms with Gasteiger partial charge < -0.3 is 10.6 Å². The number of rotatable bonds is 5. The molecule has 0 aliphatic carbocycles. The van der Waals surface area contributed by atoms with Crippen molar-refractivity contribution in [1.29, 1.82) is 0 Å². The monoisotopic (exact) mass is 395 g/mol. The highest BCUT2D eigenvalue weighted by atomic mass is 127. The van der Waals surface area contributed by atoms with E-state index in [-0.39, 0.29) is 24.0 Å². The van der Waals surface area contributed by atoms with Gasteiger partial charge in [-0.15, -0.1) is 24.0 Å². The van der Waals surface area contributed by atoms with E-state index in [1.54, 1.807) is 7.05 Å². The third-order valence-corrected chi connectivity index (χ3v) is 3.01. The molecule has 0 saturated carbocycles. The third-order valence-electron chi connectivity index (χ3n) is 2.64. The summed E-state index contributed by atoms with van der Waals surface area (Å²) in [4.78, 5) is 4.18. The summed E-state index contributed by atoms with van der Waals surface area (Å²) in [6, 6.07) is 7.82. The van der Waals surface area contributed by atoms with Crippen molar-refractivity contribution in [3.63, 3.8) is 0 Å². The molecule has 108 valence electrons. The number of hydrogen-bond donors (Lipinski definition) is 2. The maximum Gasteiger partial charge on any atom is 0.191 e. The van der Waals surface area contributed by atoms with Gasteiger partial charge in [-0.25, -0.2) is 0 Å². The Morgan fingerprint density at radius 3 is 2.53 bits per heavy atom. The van der Waals surface area contributed by atoms with Crippen LogP contribution < -0.4 is 10.6 Å². The lowest BCUT2D eigenvalue weighted by molar-refractivity contribution is 0.573. The number of benzene rings is 1. The van der Waals surface area contributed by atoms with E-state index in [1.807, 2.05) is 24.3 Å². The fourth-order valence-electron chi connectivity index (χ4n) is 1.52. The van der Waals surface area contributed by atoms with Gasteiger partial charge in [0.05, 0.1) is 0 Å². The van der Waals surface area contributed by atoms with Crippen LogP contribution in [0.1, 0.15) is 25.8 Å². The number of guanidine groups is 1. The van der Waals surface area contributed by atoms with Crippen molar-refractivity contribution in [2.24, 2.45) is 10.9 Å². The van der Waals surface area contributed by atoms with Crippen molar-refractivity contribution in [3.8, 4) is 0 Å². The Morgan fingerprint density at radius 2 is 1.95 bits per heavy atom. The van der Waals surface area contributed by atoms with Gasteiger partial charge in [0, 0.05) is 25.2 Å². The summed E-state index contributed by atoms with van der Waals surface area (Å²) in [6.07, 6.45) is 1.13. The Bertz CT molecular complexity index is 394. The largest absolute Gasteiger partial charge is 0.356 e. The van der Waals surface area contributed by atoms with Crippen LogP contribution in [0.2, 0.25) is 5.02 Å². The van der Waals surface area contributed by atoms with Gasteiger partial charge in [0.2, 0.25) is 0 Å². The van der Waals surface area contributed by atoms with Gasteiger partial charge >= 0.3 is 0 Å². The standard InChI is InChI=1S/C14H22ClN3.HI/c1-11(2)8-9-17-14(16-3)18-10-12-6-4-5-7-13(12)15;/h4-7,11H,8-10H2,1-3H3,(H2,16,17,18);1H. The maximum atomic E-state index is 6.10. The molecular weight excluding hydrogens is 373 g/mol. The summed E-state index contributed by atoms with van der Waals surface area (Å²) < 4.78 is 0. The van der Waals surface area contributed by atoms with Gasteiger partial charge in [0.15, 0.2) is 5.96 Å². The Morgan fingerprint density at radius 1 is 1.26 bits per heavy atom. The minimum atomic E-state index is 0. The summed E-state index contributed by atoms with van der Waals surface area (Å²) in [5, 5.41) is 7.32. The third kappa shape index (κ3) is 7.62. The zero-order valence-electron chi connectivity index (χ0n) is 11.7. The van der Waals surface area contributed by atoms with Crippen LogP contribution in [0.3, 0.4) is 0 Å². The highest BCUT2D eigenvalue weighted by Crippen LogP contribution is 2.14. The SMILES string of the molecule is CN=C(NCCC(C)C)NCc1ccccc1Cl.I. The van der Waals surface area contributed by atoms with Crippen molar-refractivity contribution in [2.75, 3.05) is 13.6 Å². The topological polar surface area (TPSA) is 36.4 Å². The second kappa shape index (κ2) is 10.3. The van der Waals surface area contributed by atoms with Crippen LogP contribution in [0.5, 0.6) is 0 Å². The Hall–Kier alpha value is -0.490. The molecule has 0 aliphatic heterocycles. The Kier molecular flexibility index (Phi) is 10.0. The zero-order valence-corrected chi connectivity index (χ0v) is 14.8. The molecule has 0 aliphatic rings. The number of aliphatic imine (C=N–C) groups is 1. The van der Waals surface area contributed by atoms with Crippen molar-refractivity contribution in [1.82, 2.24) is 10.6 Å². The van der Waals surface area contributed by atoms with E-state index in [0.717, 1.165) is 29.5 Å². The highest BCUT2D eigenvalue weighted by Gasteiger charge is 2.01. The van der Waals surface area contributed by atoms with Crippen LogP contribution in [0.25, 0.3) is 0 Å². The molecule has 0 aromatic heterocycles. The summed E-state index contributed by atoms with van der Waals surface area (Å²) in [5.41, 5.74) is 1.07. The fraction of sp³-hybridized carbons (Fsp3) is 0.500. The molecule has 0 saturated heterocycles. The number of halogens is 2. The van der Waals surface area contributed by atoms with Gasteiger partial charge in [-0.05, 0) is 24.0 Å². The summed E-state index contributed by atoms with van der Waals surface area (Å²) in [7, 11) is 1.78. The molecular formula is C14H23ClIN3. The molecule has 0 fully saturated rings. The first-order chi connectivity index (χ1) is 8.63. The summed E-state index contributed by atoms with van der Waals surface area (Å²) in [6.45, 7) is 6.03. The van der Waals surface area contributed by atoms with Crippen LogP contribution in [0, 0.1) is 5.92 Å². The fourth-order valence-corrected chi connectivity index (χ4v) is 1.72. The lowest BCUT2D eigenvalue weighted by Crippen LogP contribution is -2.37.